The molecule has 1 aliphatic rings. The molecule has 1 atom stereocenters. The van der Waals surface area contributed by atoms with E-state index in [1.165, 1.54) is 26.9 Å². The van der Waals surface area contributed by atoms with Crippen molar-refractivity contribution in [3.05, 3.63) is 65.9 Å². The van der Waals surface area contributed by atoms with Crippen LogP contribution in [0.1, 0.15) is 28.3 Å². The summed E-state index contributed by atoms with van der Waals surface area (Å²) in [5, 5.41) is 2.68. The van der Waals surface area contributed by atoms with Crippen molar-refractivity contribution < 1.29 is 23.8 Å². The second kappa shape index (κ2) is 9.82. The van der Waals surface area contributed by atoms with E-state index in [0.717, 1.165) is 6.42 Å². The molecular formula is C23H26N2O5. The second-order valence-corrected chi connectivity index (χ2v) is 6.84. The Bertz CT molecular complexity index is 901. The van der Waals surface area contributed by atoms with Crippen LogP contribution in [0.3, 0.4) is 0 Å². The quantitative estimate of drug-likeness (QED) is 0.706. The normalized spacial score (nSPS) is 15.4. The molecule has 0 aliphatic carbocycles. The van der Waals surface area contributed by atoms with Gasteiger partial charge in [0.2, 0.25) is 5.75 Å². The van der Waals surface area contributed by atoms with E-state index in [2.05, 4.69) is 17.4 Å². The van der Waals surface area contributed by atoms with E-state index in [0.29, 0.717) is 29.4 Å². The summed E-state index contributed by atoms with van der Waals surface area (Å²) in [5.41, 5.74) is 1.59. The van der Waals surface area contributed by atoms with Gasteiger partial charge >= 0.3 is 6.03 Å². The number of urea groups is 1. The lowest BCUT2D eigenvalue weighted by Gasteiger charge is -2.26. The summed E-state index contributed by atoms with van der Waals surface area (Å²) in [6.07, 6.45) is 4.62. The molecule has 30 heavy (non-hydrogen) atoms. The standard InChI is InChI=1S/C23H26N2O5/c1-28-20-13-18(14-21(29-2)22(20)30-3)19(26)15-24-23(27)25-11-9-17(10-12-25)16-7-5-4-6-8-16/h4-9,11,13-14,17H,10,12,15H2,1-3H3,(H,24,27). The van der Waals surface area contributed by atoms with Crippen molar-refractivity contribution in [1.82, 2.24) is 10.2 Å². The Morgan fingerprint density at radius 2 is 1.70 bits per heavy atom. The molecule has 0 spiro atoms. The monoisotopic (exact) mass is 410 g/mol. The van der Waals surface area contributed by atoms with Gasteiger partial charge in [0.25, 0.3) is 0 Å². The summed E-state index contributed by atoms with van der Waals surface area (Å²) in [6.45, 7) is 0.449. The molecule has 0 radical (unpaired) electrons. The molecule has 0 saturated carbocycles. The Morgan fingerprint density at radius 1 is 1.03 bits per heavy atom. The fraction of sp³-hybridized carbons (Fsp3) is 0.304. The summed E-state index contributed by atoms with van der Waals surface area (Å²) in [5.74, 6) is 1.21. The zero-order valence-corrected chi connectivity index (χ0v) is 17.4. The number of hydrogen-bond acceptors (Lipinski definition) is 5. The van der Waals surface area contributed by atoms with E-state index in [1.807, 2.05) is 24.3 Å². The highest BCUT2D eigenvalue weighted by molar-refractivity contribution is 6.00. The lowest BCUT2D eigenvalue weighted by molar-refractivity contribution is 0.0989. The van der Waals surface area contributed by atoms with Gasteiger partial charge in [-0.05, 0) is 24.1 Å². The highest BCUT2D eigenvalue weighted by Gasteiger charge is 2.21. The van der Waals surface area contributed by atoms with Crippen molar-refractivity contribution in [3.8, 4) is 17.2 Å². The molecule has 0 bridgehead atoms. The first-order valence-corrected chi connectivity index (χ1v) is 9.68. The van der Waals surface area contributed by atoms with E-state index in [9.17, 15) is 9.59 Å². The summed E-state index contributed by atoms with van der Waals surface area (Å²) in [4.78, 5) is 26.7. The first kappa shape index (κ1) is 21.2. The van der Waals surface area contributed by atoms with Crippen molar-refractivity contribution in [3.63, 3.8) is 0 Å². The molecule has 7 nitrogen and oxygen atoms in total. The van der Waals surface area contributed by atoms with E-state index in [-0.39, 0.29) is 24.3 Å². The second-order valence-electron chi connectivity index (χ2n) is 6.84. The van der Waals surface area contributed by atoms with Crippen molar-refractivity contribution in [1.29, 1.82) is 0 Å². The maximum atomic E-state index is 12.6. The van der Waals surface area contributed by atoms with Crippen LogP contribution in [0.2, 0.25) is 0 Å². The van der Waals surface area contributed by atoms with Gasteiger partial charge in [0, 0.05) is 24.2 Å². The van der Waals surface area contributed by atoms with Crippen LogP contribution in [-0.4, -0.2) is 51.1 Å². The Morgan fingerprint density at radius 3 is 2.23 bits per heavy atom. The number of carbonyl (C=O) groups is 2. The van der Waals surface area contributed by atoms with Gasteiger partial charge in [0.05, 0.1) is 27.9 Å². The number of ether oxygens (including phenoxy) is 3. The highest BCUT2D eigenvalue weighted by Crippen LogP contribution is 2.38. The number of amides is 2. The topological polar surface area (TPSA) is 77.1 Å². The lowest BCUT2D eigenvalue weighted by atomic mass is 9.94. The van der Waals surface area contributed by atoms with Gasteiger partial charge in [-0.3, -0.25) is 4.79 Å². The summed E-state index contributed by atoms with van der Waals surface area (Å²) < 4.78 is 15.8. The van der Waals surface area contributed by atoms with Crippen molar-refractivity contribution in [2.24, 2.45) is 0 Å². The first-order valence-electron chi connectivity index (χ1n) is 9.68. The van der Waals surface area contributed by atoms with Gasteiger partial charge < -0.3 is 24.4 Å². The van der Waals surface area contributed by atoms with Crippen LogP contribution in [-0.2, 0) is 0 Å². The summed E-state index contributed by atoms with van der Waals surface area (Å²) >= 11 is 0. The van der Waals surface area contributed by atoms with Crippen molar-refractivity contribution in [2.75, 3.05) is 34.4 Å². The summed E-state index contributed by atoms with van der Waals surface area (Å²) in [6, 6.07) is 13.0. The molecule has 158 valence electrons. The first-order chi connectivity index (χ1) is 14.6. The maximum absolute atomic E-state index is 12.6. The smallest absolute Gasteiger partial charge is 0.321 e. The fourth-order valence-electron chi connectivity index (χ4n) is 3.41. The number of methoxy groups -OCH3 is 3. The van der Waals surface area contributed by atoms with Gasteiger partial charge in [-0.2, -0.15) is 0 Å². The number of benzene rings is 2. The zero-order chi connectivity index (χ0) is 21.5. The van der Waals surface area contributed by atoms with Gasteiger partial charge in [-0.25, -0.2) is 4.79 Å². The molecule has 2 aromatic carbocycles. The molecule has 3 rings (SSSR count). The molecule has 0 aromatic heterocycles. The predicted octanol–water partition coefficient (Wildman–Crippen LogP) is 3.61. The third kappa shape index (κ3) is 4.74. The van der Waals surface area contributed by atoms with Crippen LogP contribution in [0.4, 0.5) is 4.79 Å². The van der Waals surface area contributed by atoms with E-state index >= 15 is 0 Å². The number of carbonyl (C=O) groups excluding carboxylic acids is 2. The molecule has 1 aliphatic heterocycles. The number of nitrogens with one attached hydrogen (secondary N) is 1. The Labute approximate surface area is 176 Å². The minimum atomic E-state index is -0.307. The van der Waals surface area contributed by atoms with E-state index < -0.39 is 0 Å². The van der Waals surface area contributed by atoms with Gasteiger partial charge in [0.15, 0.2) is 17.3 Å². The molecule has 2 amide bonds. The number of Topliss-reactive ketones (excluding diaryl/α,β-unsaturated/α-hetero) is 1. The highest BCUT2D eigenvalue weighted by atomic mass is 16.5. The number of rotatable bonds is 7. The van der Waals surface area contributed by atoms with Crippen LogP contribution in [0.5, 0.6) is 17.2 Å². The average Bonchev–Trinajstić information content (AvgIpc) is 2.81. The van der Waals surface area contributed by atoms with Crippen LogP contribution in [0.25, 0.3) is 0 Å². The van der Waals surface area contributed by atoms with Gasteiger partial charge in [-0.15, -0.1) is 0 Å². The number of ketones is 1. The van der Waals surface area contributed by atoms with Crippen LogP contribution in [0.15, 0.2) is 54.7 Å². The SMILES string of the molecule is COc1cc(C(=O)CNC(=O)N2C=CC(c3ccccc3)CC2)cc(OC)c1OC. The molecule has 0 fully saturated rings. The van der Waals surface area contributed by atoms with Crippen molar-refractivity contribution >= 4 is 11.8 Å². The zero-order valence-electron chi connectivity index (χ0n) is 17.4. The average molecular weight is 410 g/mol. The minimum absolute atomic E-state index is 0.135. The molecule has 7 heteroatoms. The van der Waals surface area contributed by atoms with Crippen LogP contribution < -0.4 is 19.5 Å². The van der Waals surface area contributed by atoms with Crippen molar-refractivity contribution in [2.45, 2.75) is 12.3 Å². The minimum Gasteiger partial charge on any atom is -0.493 e. The molecule has 0 saturated heterocycles. The molecule has 1 heterocycles. The van der Waals surface area contributed by atoms with Gasteiger partial charge in [-0.1, -0.05) is 36.4 Å². The molecule has 2 aromatic rings. The predicted molar refractivity (Wildman–Crippen MR) is 113 cm³/mol. The maximum Gasteiger partial charge on any atom is 0.321 e. The fourth-order valence-corrected chi connectivity index (χ4v) is 3.41. The Balaban J connectivity index is 1.60. The Kier molecular flexibility index (Phi) is 6.95. The third-order valence-corrected chi connectivity index (χ3v) is 5.05. The third-order valence-electron chi connectivity index (χ3n) is 5.05. The lowest BCUT2D eigenvalue weighted by Crippen LogP contribution is -2.41. The number of hydrogen-bond donors (Lipinski definition) is 1. The molecular weight excluding hydrogens is 384 g/mol. The van der Waals surface area contributed by atoms with E-state index in [1.54, 1.807) is 23.2 Å². The van der Waals surface area contributed by atoms with Crippen LogP contribution in [0, 0.1) is 0 Å². The number of allylic oxidation sites excluding steroid dienone is 1. The van der Waals surface area contributed by atoms with E-state index in [4.69, 9.17) is 14.2 Å². The molecule has 1 N–H and O–H groups in total. The summed E-state index contributed by atoms with van der Waals surface area (Å²) in [7, 11) is 4.47. The Hall–Kier alpha value is -3.48. The largest absolute Gasteiger partial charge is 0.493 e. The number of nitrogens with zero attached hydrogens (tertiary/aromatic N) is 1. The van der Waals surface area contributed by atoms with Crippen LogP contribution >= 0.6 is 0 Å². The van der Waals surface area contributed by atoms with Gasteiger partial charge in [0.1, 0.15) is 0 Å². The molecule has 1 unspecified atom stereocenters.